The molecule has 1 N–H and O–H groups in total. The van der Waals surface area contributed by atoms with Gasteiger partial charge in [0.2, 0.25) is 5.91 Å². The van der Waals surface area contributed by atoms with E-state index >= 15 is 0 Å². The van der Waals surface area contributed by atoms with E-state index in [0.29, 0.717) is 31.7 Å². The van der Waals surface area contributed by atoms with Crippen LogP contribution < -0.4 is 5.32 Å². The van der Waals surface area contributed by atoms with Crippen molar-refractivity contribution in [3.8, 4) is 11.1 Å². The van der Waals surface area contributed by atoms with E-state index in [-0.39, 0.29) is 17.9 Å². The molecule has 158 valence electrons. The molecule has 0 saturated carbocycles. The molecule has 0 bridgehead atoms. The van der Waals surface area contributed by atoms with Gasteiger partial charge in [0.05, 0.1) is 6.04 Å². The third-order valence-electron chi connectivity index (χ3n) is 5.82. The number of hydrogen-bond donors (Lipinski definition) is 1. The summed E-state index contributed by atoms with van der Waals surface area (Å²) in [6, 6.07) is 27.0. The smallest absolute Gasteiger partial charge is 0.253 e. The first kappa shape index (κ1) is 20.8. The van der Waals surface area contributed by atoms with Crippen molar-refractivity contribution >= 4 is 17.5 Å². The molecule has 0 radical (unpaired) electrons. The second-order valence-corrected chi connectivity index (χ2v) is 7.77. The van der Waals surface area contributed by atoms with Gasteiger partial charge < -0.3 is 10.2 Å². The van der Waals surface area contributed by atoms with E-state index in [1.54, 1.807) is 0 Å². The summed E-state index contributed by atoms with van der Waals surface area (Å²) in [7, 11) is 0. The monoisotopic (exact) mass is 413 g/mol. The van der Waals surface area contributed by atoms with Crippen LogP contribution in [0.15, 0.2) is 84.9 Å². The van der Waals surface area contributed by atoms with Crippen molar-refractivity contribution in [2.24, 2.45) is 0 Å². The predicted octanol–water partition coefficient (Wildman–Crippen LogP) is 4.14. The molecular formula is C26H27N3O2. The minimum absolute atomic E-state index is 0.0359. The van der Waals surface area contributed by atoms with Crippen LogP contribution in [-0.2, 0) is 4.79 Å². The summed E-state index contributed by atoms with van der Waals surface area (Å²) in [6.07, 6.45) is 0. The quantitative estimate of drug-likeness (QED) is 0.684. The Bertz CT molecular complexity index is 1030. The molecule has 1 saturated heterocycles. The van der Waals surface area contributed by atoms with Crippen LogP contribution in [0.2, 0.25) is 0 Å². The molecule has 4 rings (SSSR count). The molecule has 1 atom stereocenters. The molecule has 5 nitrogen and oxygen atoms in total. The Morgan fingerprint density at radius 2 is 1.35 bits per heavy atom. The van der Waals surface area contributed by atoms with Gasteiger partial charge in [0.15, 0.2) is 0 Å². The fourth-order valence-corrected chi connectivity index (χ4v) is 3.94. The van der Waals surface area contributed by atoms with Gasteiger partial charge in [-0.05, 0) is 30.7 Å². The van der Waals surface area contributed by atoms with E-state index in [4.69, 9.17) is 0 Å². The largest absolute Gasteiger partial charge is 0.336 e. The lowest BCUT2D eigenvalue weighted by molar-refractivity contribution is -0.121. The SMILES string of the molecule is C[C@H](C(=O)Nc1ccccc1-c1ccccc1)N1CCN(C(=O)c2ccccc2)CC1. The van der Waals surface area contributed by atoms with Crippen LogP contribution in [0.1, 0.15) is 17.3 Å². The van der Waals surface area contributed by atoms with Crippen LogP contribution in [0.25, 0.3) is 11.1 Å². The number of nitrogens with zero attached hydrogens (tertiary/aromatic N) is 2. The highest BCUT2D eigenvalue weighted by Crippen LogP contribution is 2.27. The van der Waals surface area contributed by atoms with Crippen molar-refractivity contribution in [1.82, 2.24) is 9.80 Å². The molecule has 3 aromatic carbocycles. The molecule has 0 unspecified atom stereocenters. The normalized spacial score (nSPS) is 15.3. The molecule has 31 heavy (non-hydrogen) atoms. The van der Waals surface area contributed by atoms with Gasteiger partial charge in [-0.15, -0.1) is 0 Å². The van der Waals surface area contributed by atoms with Crippen LogP contribution in [0.3, 0.4) is 0 Å². The first-order chi connectivity index (χ1) is 15.1. The number of anilines is 1. The zero-order valence-corrected chi connectivity index (χ0v) is 17.7. The molecular weight excluding hydrogens is 386 g/mol. The fraction of sp³-hybridized carbons (Fsp3) is 0.231. The Kier molecular flexibility index (Phi) is 6.43. The summed E-state index contributed by atoms with van der Waals surface area (Å²) in [5.74, 6) is 0.0142. The minimum Gasteiger partial charge on any atom is -0.336 e. The third kappa shape index (κ3) is 4.84. The van der Waals surface area contributed by atoms with Gasteiger partial charge in [0.25, 0.3) is 5.91 Å². The van der Waals surface area contributed by atoms with Crippen LogP contribution in [0.4, 0.5) is 5.69 Å². The summed E-state index contributed by atoms with van der Waals surface area (Å²) < 4.78 is 0. The van der Waals surface area contributed by atoms with E-state index in [0.717, 1.165) is 16.8 Å². The van der Waals surface area contributed by atoms with E-state index in [1.165, 1.54) is 0 Å². The summed E-state index contributed by atoms with van der Waals surface area (Å²) in [5.41, 5.74) is 3.59. The van der Waals surface area contributed by atoms with Crippen molar-refractivity contribution in [2.45, 2.75) is 13.0 Å². The maximum atomic E-state index is 13.0. The van der Waals surface area contributed by atoms with Crippen molar-refractivity contribution in [1.29, 1.82) is 0 Å². The van der Waals surface area contributed by atoms with Gasteiger partial charge in [0.1, 0.15) is 0 Å². The zero-order valence-electron chi connectivity index (χ0n) is 17.7. The molecule has 1 fully saturated rings. The van der Waals surface area contributed by atoms with Crippen molar-refractivity contribution in [2.75, 3.05) is 31.5 Å². The zero-order chi connectivity index (χ0) is 21.6. The topological polar surface area (TPSA) is 52.7 Å². The molecule has 1 heterocycles. The maximum absolute atomic E-state index is 13.0. The predicted molar refractivity (Wildman–Crippen MR) is 124 cm³/mol. The van der Waals surface area contributed by atoms with Gasteiger partial charge in [-0.25, -0.2) is 0 Å². The van der Waals surface area contributed by atoms with E-state index in [2.05, 4.69) is 10.2 Å². The average molecular weight is 414 g/mol. The van der Waals surface area contributed by atoms with Crippen molar-refractivity contribution in [3.05, 3.63) is 90.5 Å². The Hall–Kier alpha value is -3.44. The van der Waals surface area contributed by atoms with E-state index < -0.39 is 0 Å². The van der Waals surface area contributed by atoms with Crippen LogP contribution in [0.5, 0.6) is 0 Å². The van der Waals surface area contributed by atoms with Gasteiger partial charge in [-0.3, -0.25) is 14.5 Å². The fourth-order valence-electron chi connectivity index (χ4n) is 3.94. The number of amides is 2. The van der Waals surface area contributed by atoms with Gasteiger partial charge in [0, 0.05) is 43.0 Å². The lowest BCUT2D eigenvalue weighted by Gasteiger charge is -2.37. The molecule has 3 aromatic rings. The number of piperazine rings is 1. The maximum Gasteiger partial charge on any atom is 0.253 e. The Balaban J connectivity index is 1.38. The molecule has 1 aliphatic rings. The minimum atomic E-state index is -0.280. The van der Waals surface area contributed by atoms with Crippen LogP contribution in [0, 0.1) is 0 Å². The molecule has 1 aliphatic heterocycles. The van der Waals surface area contributed by atoms with E-state index in [1.807, 2.05) is 96.8 Å². The highest BCUT2D eigenvalue weighted by atomic mass is 16.2. The molecule has 2 amide bonds. The average Bonchev–Trinajstić information content (AvgIpc) is 2.84. The number of hydrogen-bond acceptors (Lipinski definition) is 3. The lowest BCUT2D eigenvalue weighted by atomic mass is 10.0. The number of carbonyl (C=O) groups is 2. The Morgan fingerprint density at radius 1 is 0.774 bits per heavy atom. The Morgan fingerprint density at radius 3 is 2.03 bits per heavy atom. The number of para-hydroxylation sites is 1. The van der Waals surface area contributed by atoms with Gasteiger partial charge >= 0.3 is 0 Å². The van der Waals surface area contributed by atoms with Gasteiger partial charge in [-0.1, -0.05) is 66.7 Å². The summed E-state index contributed by atoms with van der Waals surface area (Å²) >= 11 is 0. The van der Waals surface area contributed by atoms with E-state index in [9.17, 15) is 9.59 Å². The highest BCUT2D eigenvalue weighted by Gasteiger charge is 2.28. The Labute approximate surface area is 183 Å². The van der Waals surface area contributed by atoms with Crippen LogP contribution >= 0.6 is 0 Å². The number of nitrogens with one attached hydrogen (secondary N) is 1. The first-order valence-corrected chi connectivity index (χ1v) is 10.7. The standard InChI is InChI=1S/C26H27N3O2/c1-20(28-16-18-29(19-17-28)26(31)22-12-6-3-7-13-22)25(30)27-24-15-9-8-14-23(24)21-10-4-2-5-11-21/h2-15,20H,16-19H2,1H3,(H,27,30)/t20-/m1/s1. The number of rotatable bonds is 5. The number of benzene rings is 3. The first-order valence-electron chi connectivity index (χ1n) is 10.7. The van der Waals surface area contributed by atoms with Crippen molar-refractivity contribution in [3.63, 3.8) is 0 Å². The summed E-state index contributed by atoms with van der Waals surface area (Å²) in [4.78, 5) is 29.6. The van der Waals surface area contributed by atoms with Crippen LogP contribution in [-0.4, -0.2) is 53.8 Å². The molecule has 0 aliphatic carbocycles. The third-order valence-corrected chi connectivity index (χ3v) is 5.82. The molecule has 5 heteroatoms. The second-order valence-electron chi connectivity index (χ2n) is 7.77. The van der Waals surface area contributed by atoms with Gasteiger partial charge in [-0.2, -0.15) is 0 Å². The molecule has 0 aromatic heterocycles. The highest BCUT2D eigenvalue weighted by molar-refractivity contribution is 5.98. The summed E-state index contributed by atoms with van der Waals surface area (Å²) in [6.45, 7) is 4.51. The van der Waals surface area contributed by atoms with Crippen molar-refractivity contribution < 1.29 is 9.59 Å². The lowest BCUT2D eigenvalue weighted by Crippen LogP contribution is -2.54. The summed E-state index contributed by atoms with van der Waals surface area (Å²) in [5, 5.41) is 3.10. The number of carbonyl (C=O) groups excluding carboxylic acids is 2. The second kappa shape index (κ2) is 9.58. The molecule has 0 spiro atoms.